The molecule has 2 aliphatic heterocycles. The number of halogens is 1. The number of amides is 3. The van der Waals surface area contributed by atoms with Crippen LogP contribution in [0.3, 0.4) is 0 Å². The summed E-state index contributed by atoms with van der Waals surface area (Å²) in [5, 5.41) is 12.5. The molecule has 2 bridgehead atoms. The third-order valence-electron chi connectivity index (χ3n) is 9.40. The van der Waals surface area contributed by atoms with Crippen LogP contribution in [-0.2, 0) is 19.2 Å². The normalized spacial score (nSPS) is 27.6. The van der Waals surface area contributed by atoms with Crippen molar-refractivity contribution >= 4 is 52.5 Å². The molecule has 0 radical (unpaired) electrons. The van der Waals surface area contributed by atoms with Crippen molar-refractivity contribution < 1.29 is 38.1 Å². The number of aliphatic carboxylic acids is 1. The molecule has 2 aliphatic carbocycles. The number of aromatic amines is 1. The molecular formula is C31H28FN3O8S2. The second-order valence-electron chi connectivity index (χ2n) is 11.7. The van der Waals surface area contributed by atoms with Crippen molar-refractivity contribution in [1.29, 1.82) is 0 Å². The number of carbonyl (C=O) groups excluding carboxylic acids is 3. The number of benzene rings is 2. The van der Waals surface area contributed by atoms with Gasteiger partial charge in [-0.25, -0.2) is 4.39 Å². The molecule has 0 spiro atoms. The van der Waals surface area contributed by atoms with E-state index in [0.717, 1.165) is 31.7 Å². The minimum absolute atomic E-state index is 0.0211. The van der Waals surface area contributed by atoms with E-state index >= 15 is 0 Å². The Balaban J connectivity index is 1.16. The van der Waals surface area contributed by atoms with Gasteiger partial charge in [0, 0.05) is 28.3 Å². The first kappa shape index (κ1) is 29.5. The van der Waals surface area contributed by atoms with E-state index in [9.17, 15) is 28.4 Å². The highest BCUT2D eigenvalue weighted by Crippen LogP contribution is 2.68. The number of carbonyl (C=O) groups is 4. The number of thiazole rings is 1. The van der Waals surface area contributed by atoms with Crippen LogP contribution in [0.2, 0.25) is 0 Å². The number of imide groups is 1. The molecular weight excluding hydrogens is 625 g/mol. The zero-order chi connectivity index (χ0) is 31.6. The Bertz CT molecular complexity index is 1770. The Morgan fingerprint density at radius 2 is 1.80 bits per heavy atom. The fourth-order valence-corrected chi connectivity index (χ4v) is 10.6. The highest BCUT2D eigenvalue weighted by atomic mass is 32.2. The third kappa shape index (κ3) is 4.99. The van der Waals surface area contributed by atoms with E-state index < -0.39 is 29.5 Å². The Morgan fingerprint density at radius 3 is 2.51 bits per heavy atom. The van der Waals surface area contributed by atoms with Gasteiger partial charge in [0.2, 0.25) is 11.8 Å². The van der Waals surface area contributed by atoms with Crippen LogP contribution in [0.4, 0.5) is 10.1 Å². The van der Waals surface area contributed by atoms with Crippen LogP contribution in [0.1, 0.15) is 29.2 Å². The van der Waals surface area contributed by atoms with Crippen LogP contribution in [0, 0.1) is 35.4 Å². The lowest BCUT2D eigenvalue weighted by molar-refractivity contribution is -0.142. The van der Waals surface area contributed by atoms with Gasteiger partial charge in [-0.2, -0.15) is 0 Å². The average Bonchev–Trinajstić information content (AvgIpc) is 3.75. The topological polar surface area (TPSA) is 155 Å². The molecule has 3 amide bonds. The summed E-state index contributed by atoms with van der Waals surface area (Å²) in [6.07, 6.45) is 0.413. The first-order chi connectivity index (χ1) is 21.6. The monoisotopic (exact) mass is 653 g/mol. The Kier molecular flexibility index (Phi) is 7.43. The van der Waals surface area contributed by atoms with Gasteiger partial charge in [-0.15, -0.1) is 11.8 Å². The molecule has 6 unspecified atom stereocenters. The number of hydrogen-bond donors (Lipinski definition) is 3. The molecule has 234 valence electrons. The average molecular weight is 654 g/mol. The van der Waals surface area contributed by atoms with Crippen molar-refractivity contribution in [2.24, 2.45) is 29.6 Å². The summed E-state index contributed by atoms with van der Waals surface area (Å²) in [6, 6.07) is 10.8. The SMILES string of the molecule is COc1cc([C@H]2c3sc(=O)[nH]c3SC3C4CC(C5C(=O)N(CCC(=O)O)C(=O)C45)C32)ccc1OCC(=O)Nc1ccc(F)cc1. The molecule has 3 heterocycles. The zero-order valence-corrected chi connectivity index (χ0v) is 25.5. The van der Waals surface area contributed by atoms with E-state index in [1.807, 2.05) is 12.1 Å². The molecule has 3 fully saturated rings. The maximum absolute atomic E-state index is 13.5. The van der Waals surface area contributed by atoms with Crippen molar-refractivity contribution in [3.63, 3.8) is 0 Å². The molecule has 11 nitrogen and oxygen atoms in total. The van der Waals surface area contributed by atoms with Gasteiger partial charge in [0.25, 0.3) is 5.91 Å². The predicted octanol–water partition coefficient (Wildman–Crippen LogP) is 3.55. The highest BCUT2D eigenvalue weighted by Gasteiger charge is 2.69. The molecule has 7 rings (SSSR count). The highest BCUT2D eigenvalue weighted by molar-refractivity contribution is 8.00. The summed E-state index contributed by atoms with van der Waals surface area (Å²) in [6.45, 7) is -0.449. The predicted molar refractivity (Wildman–Crippen MR) is 161 cm³/mol. The first-order valence-electron chi connectivity index (χ1n) is 14.5. The molecule has 1 aromatic heterocycles. The second-order valence-corrected chi connectivity index (χ2v) is 13.9. The number of likely N-dealkylation sites (tertiary alicyclic amines) is 1. The number of carboxylic acid groups (broad SMARTS) is 1. The third-order valence-corrected chi connectivity index (χ3v) is 12.0. The number of anilines is 1. The number of aromatic nitrogens is 1. The van der Waals surface area contributed by atoms with E-state index in [0.29, 0.717) is 23.6 Å². The van der Waals surface area contributed by atoms with Crippen molar-refractivity contribution in [1.82, 2.24) is 9.88 Å². The maximum atomic E-state index is 13.5. The van der Waals surface area contributed by atoms with Crippen LogP contribution >= 0.6 is 23.1 Å². The second kappa shape index (κ2) is 11.3. The molecule has 2 saturated carbocycles. The number of thioether (sulfide) groups is 1. The summed E-state index contributed by atoms with van der Waals surface area (Å²) in [7, 11) is 1.49. The van der Waals surface area contributed by atoms with Gasteiger partial charge in [0.15, 0.2) is 18.1 Å². The first-order valence-corrected chi connectivity index (χ1v) is 16.2. The van der Waals surface area contributed by atoms with E-state index in [1.54, 1.807) is 17.8 Å². The van der Waals surface area contributed by atoms with Crippen LogP contribution in [0.25, 0.3) is 0 Å². The lowest BCUT2D eigenvalue weighted by atomic mass is 9.68. The summed E-state index contributed by atoms with van der Waals surface area (Å²) < 4.78 is 24.6. The molecule has 3 aromatic rings. The number of carboxylic acids is 1. The van der Waals surface area contributed by atoms with Crippen molar-refractivity contribution in [3.8, 4) is 11.5 Å². The fourth-order valence-electron chi connectivity index (χ4n) is 7.75. The fraction of sp³-hybridized carbons (Fsp3) is 0.387. The number of nitrogens with zero attached hydrogens (tertiary/aromatic N) is 1. The van der Waals surface area contributed by atoms with Gasteiger partial charge >= 0.3 is 10.8 Å². The molecule has 3 N–H and O–H groups in total. The number of hydrogen-bond acceptors (Lipinski definition) is 9. The van der Waals surface area contributed by atoms with Gasteiger partial charge < -0.3 is 24.9 Å². The van der Waals surface area contributed by atoms with Crippen LogP contribution in [0.15, 0.2) is 52.3 Å². The van der Waals surface area contributed by atoms with Crippen LogP contribution in [-0.4, -0.2) is 64.2 Å². The van der Waals surface area contributed by atoms with Gasteiger partial charge in [0.1, 0.15) is 5.82 Å². The number of ether oxygens (including phenoxy) is 2. The Hall–Kier alpha value is -4.17. The molecule has 1 saturated heterocycles. The van der Waals surface area contributed by atoms with E-state index in [1.165, 1.54) is 31.4 Å². The Morgan fingerprint density at radius 1 is 1.07 bits per heavy atom. The van der Waals surface area contributed by atoms with Crippen LogP contribution in [0.5, 0.6) is 11.5 Å². The zero-order valence-electron chi connectivity index (χ0n) is 23.9. The summed E-state index contributed by atoms with van der Waals surface area (Å²) in [5.74, 6) is -3.28. The molecule has 4 aliphatic rings. The lowest BCUT2D eigenvalue weighted by Crippen LogP contribution is -2.42. The minimum Gasteiger partial charge on any atom is -0.493 e. The van der Waals surface area contributed by atoms with E-state index in [-0.39, 0.29) is 65.2 Å². The maximum Gasteiger partial charge on any atom is 0.305 e. The van der Waals surface area contributed by atoms with Gasteiger partial charge in [-0.05, 0) is 66.1 Å². The molecule has 2 aromatic carbocycles. The largest absolute Gasteiger partial charge is 0.493 e. The number of H-pyrrole nitrogens is 1. The number of fused-ring (bicyclic) bond motifs is 9. The smallest absolute Gasteiger partial charge is 0.305 e. The number of rotatable bonds is 9. The summed E-state index contributed by atoms with van der Waals surface area (Å²) in [5.41, 5.74) is 1.28. The Labute approximate surface area is 264 Å². The molecule has 45 heavy (non-hydrogen) atoms. The number of nitrogens with one attached hydrogen (secondary N) is 2. The van der Waals surface area contributed by atoms with Crippen molar-refractivity contribution in [3.05, 3.63) is 68.4 Å². The summed E-state index contributed by atoms with van der Waals surface area (Å²) in [4.78, 5) is 67.9. The van der Waals surface area contributed by atoms with Gasteiger partial charge in [-0.1, -0.05) is 17.4 Å². The van der Waals surface area contributed by atoms with Crippen LogP contribution < -0.4 is 19.7 Å². The summed E-state index contributed by atoms with van der Waals surface area (Å²) >= 11 is 2.70. The van der Waals surface area contributed by atoms with Crippen molar-refractivity contribution in [2.45, 2.75) is 29.0 Å². The van der Waals surface area contributed by atoms with Crippen molar-refractivity contribution in [2.75, 3.05) is 25.6 Å². The molecule has 7 atom stereocenters. The lowest BCUT2D eigenvalue weighted by Gasteiger charge is -2.43. The van der Waals surface area contributed by atoms with Gasteiger partial charge in [0.05, 0.1) is 30.4 Å². The quantitative estimate of drug-likeness (QED) is 0.294. The standard InChI is InChI=1S/C31H28FN3O8S2/c1-42-19-10-13(2-7-18(19)43-12-20(36)33-15-5-3-14(32)4-6-15)22-23-16-11-17(26(23)44-28-27(22)45-31(41)34-28)25-24(16)29(39)35(30(25)40)9-8-21(37)38/h2-7,10,16-17,22-26H,8-9,11-12H2,1H3,(H,33,36)(H,34,41)(H,37,38)/t16?,17?,22-,23?,24?,25?,26?/m1/s1. The van der Waals surface area contributed by atoms with E-state index in [4.69, 9.17) is 14.6 Å². The van der Waals surface area contributed by atoms with Gasteiger partial charge in [-0.3, -0.25) is 28.9 Å². The molecule has 14 heteroatoms. The minimum atomic E-state index is -1.07. The van der Waals surface area contributed by atoms with E-state index in [2.05, 4.69) is 10.3 Å². The number of methoxy groups -OCH3 is 1.